The van der Waals surface area contributed by atoms with E-state index in [2.05, 4.69) is 11.4 Å². The molecule has 0 heterocycles. The fraction of sp³-hybridized carbons (Fsp3) is 0.750. The van der Waals surface area contributed by atoms with Gasteiger partial charge in [0.2, 0.25) is 0 Å². The second-order valence-corrected chi connectivity index (χ2v) is 3.13. The zero-order valence-electron chi connectivity index (χ0n) is 7.79. The van der Waals surface area contributed by atoms with E-state index >= 15 is 0 Å². The lowest BCUT2D eigenvalue weighted by atomic mass is 10.2. The average molecular weight is 185 g/mol. The van der Waals surface area contributed by atoms with E-state index in [0.29, 0.717) is 11.7 Å². The van der Waals surface area contributed by atoms with E-state index < -0.39 is 0 Å². The van der Waals surface area contributed by atoms with Crippen LogP contribution in [0.5, 0.6) is 0 Å². The molecule has 0 aliphatic carbocycles. The van der Waals surface area contributed by atoms with Gasteiger partial charge in [-0.3, -0.25) is 0 Å². The van der Waals surface area contributed by atoms with Gasteiger partial charge in [-0.2, -0.15) is 5.26 Å². The highest BCUT2D eigenvalue weighted by molar-refractivity contribution is 7.80. The second kappa shape index (κ2) is 5.78. The van der Waals surface area contributed by atoms with Crippen molar-refractivity contribution in [1.29, 1.82) is 5.26 Å². The van der Waals surface area contributed by atoms with E-state index in [1.165, 1.54) is 0 Å². The molecule has 68 valence electrons. The lowest BCUT2D eigenvalue weighted by molar-refractivity contribution is 0.448. The van der Waals surface area contributed by atoms with E-state index in [-0.39, 0.29) is 5.92 Å². The van der Waals surface area contributed by atoms with Gasteiger partial charge in [0.15, 0.2) is 5.11 Å². The van der Waals surface area contributed by atoms with Crippen LogP contribution in [0.25, 0.3) is 0 Å². The quantitative estimate of drug-likeness (QED) is 0.665. The summed E-state index contributed by atoms with van der Waals surface area (Å²) in [5.41, 5.74) is 0. The molecule has 1 atom stereocenters. The smallest absolute Gasteiger partial charge is 0.168 e. The minimum absolute atomic E-state index is 0.0200. The van der Waals surface area contributed by atoms with Crippen molar-refractivity contribution in [2.45, 2.75) is 13.8 Å². The third-order valence-corrected chi connectivity index (χ3v) is 1.90. The first-order valence-corrected chi connectivity index (χ1v) is 4.41. The monoisotopic (exact) mass is 185 g/mol. The van der Waals surface area contributed by atoms with Crippen LogP contribution in [0.3, 0.4) is 0 Å². The molecule has 0 aromatic rings. The summed E-state index contributed by atoms with van der Waals surface area (Å²) in [4.78, 5) is 1.88. The summed E-state index contributed by atoms with van der Waals surface area (Å²) in [5, 5.41) is 12.3. The van der Waals surface area contributed by atoms with Gasteiger partial charge < -0.3 is 10.2 Å². The van der Waals surface area contributed by atoms with Gasteiger partial charge >= 0.3 is 0 Å². The first-order valence-electron chi connectivity index (χ1n) is 4.00. The highest BCUT2D eigenvalue weighted by Gasteiger charge is 2.06. The number of thiocarbonyl (C=S) groups is 1. The molecule has 0 spiro atoms. The standard InChI is InChI=1S/C8H15N3S/c1-4-10-8(12)11(3)6-7(2)5-9/h7H,4,6H2,1-3H3,(H,10,12). The summed E-state index contributed by atoms with van der Waals surface area (Å²) in [7, 11) is 1.89. The van der Waals surface area contributed by atoms with Gasteiger partial charge in [0.1, 0.15) is 0 Å². The van der Waals surface area contributed by atoms with Crippen molar-refractivity contribution < 1.29 is 0 Å². The fourth-order valence-electron chi connectivity index (χ4n) is 0.821. The summed E-state index contributed by atoms with van der Waals surface area (Å²) < 4.78 is 0. The molecule has 0 radical (unpaired) electrons. The lowest BCUT2D eigenvalue weighted by Crippen LogP contribution is -2.38. The Labute approximate surface area is 79.4 Å². The van der Waals surface area contributed by atoms with Crippen molar-refractivity contribution in [3.63, 3.8) is 0 Å². The number of rotatable bonds is 3. The molecule has 0 aliphatic heterocycles. The number of hydrogen-bond acceptors (Lipinski definition) is 2. The summed E-state index contributed by atoms with van der Waals surface area (Å²) in [6.07, 6.45) is 0. The molecule has 0 saturated carbocycles. The first-order chi connectivity index (χ1) is 5.61. The van der Waals surface area contributed by atoms with Crippen LogP contribution in [0.2, 0.25) is 0 Å². The van der Waals surface area contributed by atoms with Crippen molar-refractivity contribution in [2.75, 3.05) is 20.1 Å². The summed E-state index contributed by atoms with van der Waals surface area (Å²) in [5.74, 6) is 0.0200. The zero-order valence-corrected chi connectivity index (χ0v) is 8.61. The van der Waals surface area contributed by atoms with Crippen LogP contribution >= 0.6 is 12.2 Å². The van der Waals surface area contributed by atoms with E-state index in [1.54, 1.807) is 0 Å². The van der Waals surface area contributed by atoms with Gasteiger partial charge in [0.05, 0.1) is 12.0 Å². The molecule has 0 fully saturated rings. The van der Waals surface area contributed by atoms with Crippen LogP contribution in [0.4, 0.5) is 0 Å². The van der Waals surface area contributed by atoms with E-state index in [0.717, 1.165) is 6.54 Å². The molecule has 1 unspecified atom stereocenters. The Morgan fingerprint density at radius 2 is 2.33 bits per heavy atom. The molecule has 0 rings (SSSR count). The van der Waals surface area contributed by atoms with Crippen molar-refractivity contribution in [1.82, 2.24) is 10.2 Å². The fourth-order valence-corrected chi connectivity index (χ4v) is 1.04. The van der Waals surface area contributed by atoms with Crippen LogP contribution in [-0.4, -0.2) is 30.1 Å². The Kier molecular flexibility index (Phi) is 5.39. The van der Waals surface area contributed by atoms with Crippen molar-refractivity contribution >= 4 is 17.3 Å². The van der Waals surface area contributed by atoms with E-state index in [4.69, 9.17) is 17.5 Å². The summed E-state index contributed by atoms with van der Waals surface area (Å²) in [6, 6.07) is 2.16. The lowest BCUT2D eigenvalue weighted by Gasteiger charge is -2.21. The molecule has 0 aliphatic rings. The molecular formula is C8H15N3S. The van der Waals surface area contributed by atoms with Crippen molar-refractivity contribution in [2.24, 2.45) is 5.92 Å². The first kappa shape index (κ1) is 11.2. The topological polar surface area (TPSA) is 39.1 Å². The largest absolute Gasteiger partial charge is 0.363 e. The molecule has 12 heavy (non-hydrogen) atoms. The Bertz CT molecular complexity index is 185. The highest BCUT2D eigenvalue weighted by atomic mass is 32.1. The van der Waals surface area contributed by atoms with Crippen molar-refractivity contribution in [3.8, 4) is 6.07 Å². The Morgan fingerprint density at radius 1 is 1.75 bits per heavy atom. The van der Waals surface area contributed by atoms with Crippen LogP contribution in [0.15, 0.2) is 0 Å². The molecule has 0 amide bonds. The van der Waals surface area contributed by atoms with Gasteiger partial charge in [0.25, 0.3) is 0 Å². The number of nitrogens with zero attached hydrogens (tertiary/aromatic N) is 2. The maximum atomic E-state index is 8.55. The van der Waals surface area contributed by atoms with Gasteiger partial charge in [-0.25, -0.2) is 0 Å². The summed E-state index contributed by atoms with van der Waals surface area (Å²) >= 11 is 5.05. The molecule has 1 N–H and O–H groups in total. The molecule has 0 saturated heterocycles. The predicted octanol–water partition coefficient (Wildman–Crippen LogP) is 0.972. The predicted molar refractivity (Wildman–Crippen MR) is 53.7 cm³/mol. The van der Waals surface area contributed by atoms with Crippen LogP contribution < -0.4 is 5.32 Å². The third kappa shape index (κ3) is 4.14. The Balaban J connectivity index is 3.80. The molecule has 4 heteroatoms. The van der Waals surface area contributed by atoms with Crippen LogP contribution in [0.1, 0.15) is 13.8 Å². The molecule has 0 aromatic heterocycles. The molecule has 3 nitrogen and oxygen atoms in total. The summed E-state index contributed by atoms with van der Waals surface area (Å²) in [6.45, 7) is 5.38. The maximum absolute atomic E-state index is 8.55. The molecular weight excluding hydrogens is 170 g/mol. The highest BCUT2D eigenvalue weighted by Crippen LogP contribution is 1.95. The minimum atomic E-state index is 0.0200. The number of nitriles is 1. The van der Waals surface area contributed by atoms with Crippen LogP contribution in [0, 0.1) is 17.2 Å². The van der Waals surface area contributed by atoms with Gasteiger partial charge in [-0.1, -0.05) is 0 Å². The maximum Gasteiger partial charge on any atom is 0.168 e. The number of hydrogen-bond donors (Lipinski definition) is 1. The molecule has 0 bridgehead atoms. The van der Waals surface area contributed by atoms with Crippen LogP contribution in [-0.2, 0) is 0 Å². The average Bonchev–Trinajstić information content (AvgIpc) is 2.04. The number of nitrogens with one attached hydrogen (secondary N) is 1. The normalized spacial score (nSPS) is 11.5. The zero-order chi connectivity index (χ0) is 9.56. The van der Waals surface area contributed by atoms with Gasteiger partial charge in [-0.15, -0.1) is 0 Å². The van der Waals surface area contributed by atoms with Gasteiger partial charge in [-0.05, 0) is 26.1 Å². The Hall–Kier alpha value is -0.820. The second-order valence-electron chi connectivity index (χ2n) is 2.75. The third-order valence-electron chi connectivity index (χ3n) is 1.44. The minimum Gasteiger partial charge on any atom is -0.363 e. The molecule has 0 aromatic carbocycles. The Morgan fingerprint density at radius 3 is 2.75 bits per heavy atom. The van der Waals surface area contributed by atoms with E-state index in [9.17, 15) is 0 Å². The van der Waals surface area contributed by atoms with Crippen molar-refractivity contribution in [3.05, 3.63) is 0 Å². The van der Waals surface area contributed by atoms with Gasteiger partial charge in [0, 0.05) is 20.1 Å². The van der Waals surface area contributed by atoms with E-state index in [1.807, 2.05) is 25.8 Å². The SMILES string of the molecule is CCNC(=S)N(C)CC(C)C#N.